The molecule has 0 unspecified atom stereocenters. The number of hydrogen-bond acceptors (Lipinski definition) is 4. The smallest absolute Gasteiger partial charge is 0.328 e. The van der Waals surface area contributed by atoms with E-state index in [1.54, 1.807) is 0 Å². The molecule has 1 saturated heterocycles. The fraction of sp³-hybridized carbons (Fsp3) is 0.500. The van der Waals surface area contributed by atoms with Crippen LogP contribution < -0.4 is 21.9 Å². The first kappa shape index (κ1) is 14.0. The van der Waals surface area contributed by atoms with Crippen molar-refractivity contribution in [3.63, 3.8) is 0 Å². The topological polar surface area (TPSA) is 113 Å². The molecule has 1 aromatic heterocycles. The molecule has 8 heteroatoms. The van der Waals surface area contributed by atoms with Crippen molar-refractivity contribution < 1.29 is 9.59 Å². The summed E-state index contributed by atoms with van der Waals surface area (Å²) in [5.74, 6) is -0.647. The Morgan fingerprint density at radius 1 is 1.35 bits per heavy atom. The number of nitrogens with one attached hydrogen (secondary N) is 3. The van der Waals surface area contributed by atoms with E-state index in [2.05, 4.69) is 15.6 Å². The third-order valence-corrected chi connectivity index (χ3v) is 3.08. The van der Waals surface area contributed by atoms with E-state index < -0.39 is 23.2 Å². The van der Waals surface area contributed by atoms with Gasteiger partial charge in [-0.1, -0.05) is 0 Å². The highest BCUT2D eigenvalue weighted by atomic mass is 16.2. The molecule has 1 aliphatic heterocycles. The molecule has 0 saturated carbocycles. The van der Waals surface area contributed by atoms with Crippen molar-refractivity contribution in [2.45, 2.75) is 31.8 Å². The molecule has 1 aromatic rings. The van der Waals surface area contributed by atoms with Gasteiger partial charge in [0.2, 0.25) is 11.8 Å². The van der Waals surface area contributed by atoms with Crippen LogP contribution in [0.5, 0.6) is 0 Å². The second-order valence-electron chi connectivity index (χ2n) is 4.64. The van der Waals surface area contributed by atoms with E-state index in [-0.39, 0.29) is 12.5 Å². The van der Waals surface area contributed by atoms with Crippen LogP contribution in [0.4, 0.5) is 0 Å². The average molecular weight is 280 g/mol. The highest BCUT2D eigenvalue weighted by molar-refractivity contribution is 5.87. The van der Waals surface area contributed by atoms with Crippen molar-refractivity contribution in [1.82, 2.24) is 20.2 Å². The summed E-state index contributed by atoms with van der Waals surface area (Å²) in [6, 6.07) is 0.594. The van der Waals surface area contributed by atoms with Crippen LogP contribution in [0.25, 0.3) is 0 Å². The minimum absolute atomic E-state index is 0.204. The average Bonchev–Trinajstić information content (AvgIpc) is 2.59. The normalized spacial score (nSPS) is 19.0. The molecule has 0 bridgehead atoms. The third-order valence-electron chi connectivity index (χ3n) is 3.08. The summed E-state index contributed by atoms with van der Waals surface area (Å²) >= 11 is 0. The molecule has 3 N–H and O–H groups in total. The molecule has 1 fully saturated rings. The summed E-state index contributed by atoms with van der Waals surface area (Å²) in [7, 11) is 0. The second-order valence-corrected chi connectivity index (χ2v) is 4.64. The van der Waals surface area contributed by atoms with Crippen LogP contribution >= 0.6 is 0 Å². The van der Waals surface area contributed by atoms with Gasteiger partial charge in [-0.15, -0.1) is 0 Å². The first-order valence-corrected chi connectivity index (χ1v) is 6.43. The van der Waals surface area contributed by atoms with Crippen molar-refractivity contribution in [2.24, 2.45) is 0 Å². The molecule has 2 rings (SSSR count). The van der Waals surface area contributed by atoms with Crippen LogP contribution in [0.3, 0.4) is 0 Å². The van der Waals surface area contributed by atoms with Crippen LogP contribution in [-0.4, -0.2) is 34.0 Å². The van der Waals surface area contributed by atoms with E-state index in [1.807, 2.05) is 0 Å². The summed E-state index contributed by atoms with van der Waals surface area (Å²) < 4.78 is 1.07. The minimum atomic E-state index is -0.655. The number of carbonyl (C=O) groups excluding carboxylic acids is 2. The van der Waals surface area contributed by atoms with Crippen LogP contribution in [0.2, 0.25) is 0 Å². The molecule has 2 heterocycles. The zero-order valence-corrected chi connectivity index (χ0v) is 10.8. The molecule has 2 amide bonds. The molecular weight excluding hydrogens is 264 g/mol. The van der Waals surface area contributed by atoms with Crippen molar-refractivity contribution >= 4 is 11.8 Å². The van der Waals surface area contributed by atoms with Crippen molar-refractivity contribution in [3.05, 3.63) is 33.1 Å². The monoisotopic (exact) mass is 280 g/mol. The maximum absolute atomic E-state index is 11.8. The molecule has 0 aromatic carbocycles. The summed E-state index contributed by atoms with van der Waals surface area (Å²) in [6.07, 6.45) is 3.56. The SMILES string of the molecule is O=C(Cn1ccc(=O)[nH]c1=O)N[C@H]1CCCCNC1=O. The highest BCUT2D eigenvalue weighted by Gasteiger charge is 2.22. The standard InChI is InChI=1S/C12H16N4O4/c17-9-4-6-16(12(20)15-9)7-10(18)14-8-3-1-2-5-13-11(8)19/h4,6,8H,1-3,5,7H2,(H,13,19)(H,14,18)(H,15,17,20)/t8-/m0/s1. The predicted octanol–water partition coefficient (Wildman–Crippen LogP) is -1.68. The zero-order valence-electron chi connectivity index (χ0n) is 10.8. The summed E-state index contributed by atoms with van der Waals surface area (Å²) in [4.78, 5) is 47.9. The lowest BCUT2D eigenvalue weighted by molar-refractivity contribution is -0.129. The summed E-state index contributed by atoms with van der Waals surface area (Å²) in [5, 5.41) is 5.31. The second kappa shape index (κ2) is 6.18. The lowest BCUT2D eigenvalue weighted by Crippen LogP contribution is -2.47. The molecule has 0 spiro atoms. The Labute approximate surface area is 114 Å². The van der Waals surface area contributed by atoms with Crippen LogP contribution in [0.1, 0.15) is 19.3 Å². The first-order valence-electron chi connectivity index (χ1n) is 6.43. The maximum Gasteiger partial charge on any atom is 0.328 e. The number of rotatable bonds is 3. The van der Waals surface area contributed by atoms with E-state index in [9.17, 15) is 19.2 Å². The Morgan fingerprint density at radius 2 is 2.15 bits per heavy atom. The van der Waals surface area contributed by atoms with Gasteiger partial charge in [0.25, 0.3) is 5.56 Å². The third kappa shape index (κ3) is 3.56. The number of H-pyrrole nitrogens is 1. The Bertz CT molecular complexity index is 618. The molecule has 8 nitrogen and oxygen atoms in total. The van der Waals surface area contributed by atoms with Gasteiger partial charge in [-0.2, -0.15) is 0 Å². The number of carbonyl (C=O) groups is 2. The quantitative estimate of drug-likeness (QED) is 0.614. The number of aromatic amines is 1. The van der Waals surface area contributed by atoms with E-state index in [0.717, 1.165) is 23.5 Å². The lowest BCUT2D eigenvalue weighted by Gasteiger charge is -2.15. The van der Waals surface area contributed by atoms with Gasteiger partial charge in [-0.25, -0.2) is 4.79 Å². The molecular formula is C12H16N4O4. The van der Waals surface area contributed by atoms with E-state index in [4.69, 9.17) is 0 Å². The Morgan fingerprint density at radius 3 is 2.90 bits per heavy atom. The van der Waals surface area contributed by atoms with Gasteiger partial charge in [0.05, 0.1) is 0 Å². The minimum Gasteiger partial charge on any atom is -0.354 e. The van der Waals surface area contributed by atoms with Crippen LogP contribution in [0, 0.1) is 0 Å². The van der Waals surface area contributed by atoms with Gasteiger partial charge >= 0.3 is 5.69 Å². The van der Waals surface area contributed by atoms with E-state index in [1.165, 1.54) is 6.20 Å². The van der Waals surface area contributed by atoms with Crippen molar-refractivity contribution in [3.8, 4) is 0 Å². The fourth-order valence-corrected chi connectivity index (χ4v) is 2.04. The van der Waals surface area contributed by atoms with E-state index >= 15 is 0 Å². The Hall–Kier alpha value is -2.38. The zero-order chi connectivity index (χ0) is 14.5. The fourth-order valence-electron chi connectivity index (χ4n) is 2.04. The van der Waals surface area contributed by atoms with Gasteiger partial charge in [-0.3, -0.25) is 23.9 Å². The predicted molar refractivity (Wildman–Crippen MR) is 70.1 cm³/mol. The van der Waals surface area contributed by atoms with Crippen molar-refractivity contribution in [2.75, 3.05) is 6.54 Å². The Kier molecular flexibility index (Phi) is 4.34. The van der Waals surface area contributed by atoms with Gasteiger partial charge < -0.3 is 10.6 Å². The van der Waals surface area contributed by atoms with Crippen LogP contribution in [0.15, 0.2) is 21.9 Å². The molecule has 1 atom stereocenters. The largest absolute Gasteiger partial charge is 0.354 e. The van der Waals surface area contributed by atoms with Crippen LogP contribution in [-0.2, 0) is 16.1 Å². The highest BCUT2D eigenvalue weighted by Crippen LogP contribution is 2.05. The van der Waals surface area contributed by atoms with Gasteiger partial charge in [0.1, 0.15) is 12.6 Å². The number of hydrogen-bond donors (Lipinski definition) is 3. The molecule has 1 aliphatic rings. The van der Waals surface area contributed by atoms with Gasteiger partial charge in [-0.05, 0) is 19.3 Å². The summed E-state index contributed by atoms with van der Waals surface area (Å²) in [5.41, 5.74) is -1.17. The number of aromatic nitrogens is 2. The van der Waals surface area contributed by atoms with Gasteiger partial charge in [0, 0.05) is 18.8 Å². The first-order chi connectivity index (χ1) is 9.56. The number of amides is 2. The van der Waals surface area contributed by atoms with Gasteiger partial charge in [0.15, 0.2) is 0 Å². The molecule has 0 aliphatic carbocycles. The summed E-state index contributed by atoms with van der Waals surface area (Å²) in [6.45, 7) is 0.379. The molecule has 0 radical (unpaired) electrons. The Balaban J connectivity index is 1.99. The lowest BCUT2D eigenvalue weighted by atomic mass is 10.1. The van der Waals surface area contributed by atoms with E-state index in [0.29, 0.717) is 13.0 Å². The number of nitrogens with zero attached hydrogens (tertiary/aromatic N) is 1. The maximum atomic E-state index is 11.8. The van der Waals surface area contributed by atoms with Crippen molar-refractivity contribution in [1.29, 1.82) is 0 Å². The molecule has 20 heavy (non-hydrogen) atoms. The molecule has 108 valence electrons.